The highest BCUT2D eigenvalue weighted by Crippen LogP contribution is 2.18. The van der Waals surface area contributed by atoms with Crippen LogP contribution in [0.1, 0.15) is 28.1 Å². The van der Waals surface area contributed by atoms with Crippen molar-refractivity contribution in [3.8, 4) is 0 Å². The molecule has 0 atom stereocenters. The van der Waals surface area contributed by atoms with Gasteiger partial charge in [-0.1, -0.05) is 36.7 Å². The molecule has 0 aliphatic carbocycles. The Balaban J connectivity index is 1.72. The first-order valence-corrected chi connectivity index (χ1v) is 8.50. The summed E-state index contributed by atoms with van der Waals surface area (Å²) in [4.78, 5) is 17.6. The van der Waals surface area contributed by atoms with Gasteiger partial charge in [0.15, 0.2) is 0 Å². The number of carbonyl (C=O) groups excluding carboxylic acids is 1. The van der Waals surface area contributed by atoms with Gasteiger partial charge in [0, 0.05) is 29.4 Å². The number of hydrogen-bond donors (Lipinski definition) is 2. The lowest BCUT2D eigenvalue weighted by Crippen LogP contribution is -2.36. The van der Waals surface area contributed by atoms with Gasteiger partial charge in [-0.25, -0.2) is 9.78 Å². The zero-order valence-corrected chi connectivity index (χ0v) is 14.4. The molecule has 0 saturated carbocycles. The number of amides is 2. The second-order valence-corrected chi connectivity index (χ2v) is 6.61. The average Bonchev–Trinajstić information content (AvgIpc) is 2.86. The Kier molecular flexibility index (Phi) is 6.21. The van der Waals surface area contributed by atoms with Gasteiger partial charge in [-0.3, -0.25) is 0 Å². The van der Waals surface area contributed by atoms with Crippen LogP contribution >= 0.6 is 22.9 Å². The summed E-state index contributed by atoms with van der Waals surface area (Å²) < 4.78 is 0. The van der Waals surface area contributed by atoms with Gasteiger partial charge in [-0.2, -0.15) is 0 Å². The molecular formula is C16H20ClN3OS. The number of urea groups is 1. The van der Waals surface area contributed by atoms with E-state index in [9.17, 15) is 4.79 Å². The van der Waals surface area contributed by atoms with Crippen LogP contribution in [0.5, 0.6) is 0 Å². The van der Waals surface area contributed by atoms with Crippen molar-refractivity contribution in [2.75, 3.05) is 6.54 Å². The standard InChI is InChI=1S/C16H20ClN3OS/c1-3-14-11(2)22-15(20-14)8-9-18-16(21)19-10-12-6-4-5-7-13(12)17/h4-7H,3,8-10H2,1-2H3,(H2,18,19,21). The molecule has 0 radical (unpaired) electrons. The molecule has 0 unspecified atom stereocenters. The highest BCUT2D eigenvalue weighted by atomic mass is 35.5. The first-order valence-electron chi connectivity index (χ1n) is 7.30. The Labute approximate surface area is 139 Å². The molecule has 22 heavy (non-hydrogen) atoms. The molecule has 4 nitrogen and oxygen atoms in total. The Morgan fingerprint density at radius 1 is 1.32 bits per heavy atom. The lowest BCUT2D eigenvalue weighted by atomic mass is 10.2. The van der Waals surface area contributed by atoms with E-state index in [0.717, 1.165) is 29.1 Å². The molecule has 118 valence electrons. The van der Waals surface area contributed by atoms with Crippen LogP contribution < -0.4 is 10.6 Å². The van der Waals surface area contributed by atoms with Crippen LogP contribution in [-0.2, 0) is 19.4 Å². The molecule has 0 aliphatic rings. The van der Waals surface area contributed by atoms with Gasteiger partial charge in [0.05, 0.1) is 10.7 Å². The normalized spacial score (nSPS) is 10.5. The monoisotopic (exact) mass is 337 g/mol. The maximum Gasteiger partial charge on any atom is 0.315 e. The van der Waals surface area contributed by atoms with E-state index < -0.39 is 0 Å². The van der Waals surface area contributed by atoms with Crippen molar-refractivity contribution in [3.63, 3.8) is 0 Å². The third-order valence-electron chi connectivity index (χ3n) is 3.29. The molecule has 6 heteroatoms. The molecule has 2 amide bonds. The smallest absolute Gasteiger partial charge is 0.315 e. The highest BCUT2D eigenvalue weighted by Gasteiger charge is 2.07. The molecule has 1 heterocycles. The summed E-state index contributed by atoms with van der Waals surface area (Å²) in [7, 11) is 0. The fourth-order valence-electron chi connectivity index (χ4n) is 2.09. The Hall–Kier alpha value is -1.59. The minimum Gasteiger partial charge on any atom is -0.338 e. The number of aryl methyl sites for hydroxylation is 2. The Morgan fingerprint density at radius 3 is 2.77 bits per heavy atom. The maximum absolute atomic E-state index is 11.8. The van der Waals surface area contributed by atoms with Gasteiger partial charge in [0.1, 0.15) is 0 Å². The summed E-state index contributed by atoms with van der Waals surface area (Å²) in [6.07, 6.45) is 1.71. The molecular weight excluding hydrogens is 318 g/mol. The third-order valence-corrected chi connectivity index (χ3v) is 4.74. The number of carbonyl (C=O) groups is 1. The van der Waals surface area contributed by atoms with E-state index in [1.165, 1.54) is 4.88 Å². The number of nitrogens with one attached hydrogen (secondary N) is 2. The van der Waals surface area contributed by atoms with E-state index in [1.54, 1.807) is 11.3 Å². The fraction of sp³-hybridized carbons (Fsp3) is 0.375. The van der Waals surface area contributed by atoms with Crippen molar-refractivity contribution in [3.05, 3.63) is 50.4 Å². The van der Waals surface area contributed by atoms with Gasteiger partial charge >= 0.3 is 6.03 Å². The summed E-state index contributed by atoms with van der Waals surface area (Å²) in [5.74, 6) is 0. The highest BCUT2D eigenvalue weighted by molar-refractivity contribution is 7.11. The van der Waals surface area contributed by atoms with E-state index in [4.69, 9.17) is 11.6 Å². The second kappa shape index (κ2) is 8.15. The molecule has 1 aromatic carbocycles. The van der Waals surface area contributed by atoms with E-state index in [1.807, 2.05) is 24.3 Å². The number of thiazole rings is 1. The van der Waals surface area contributed by atoms with Gasteiger partial charge in [-0.05, 0) is 25.0 Å². The average molecular weight is 338 g/mol. The topological polar surface area (TPSA) is 54.0 Å². The quantitative estimate of drug-likeness (QED) is 0.844. The fourth-order valence-corrected chi connectivity index (χ4v) is 3.31. The summed E-state index contributed by atoms with van der Waals surface area (Å²) in [5, 5.41) is 7.37. The molecule has 0 fully saturated rings. The minimum atomic E-state index is -0.191. The van der Waals surface area contributed by atoms with Crippen molar-refractivity contribution in [2.45, 2.75) is 33.2 Å². The van der Waals surface area contributed by atoms with Gasteiger partial charge in [0.2, 0.25) is 0 Å². The van der Waals surface area contributed by atoms with Gasteiger partial charge in [-0.15, -0.1) is 11.3 Å². The number of benzene rings is 1. The predicted molar refractivity (Wildman–Crippen MR) is 91.6 cm³/mol. The Bertz CT molecular complexity index is 642. The van der Waals surface area contributed by atoms with Crippen molar-refractivity contribution in [1.82, 2.24) is 15.6 Å². The van der Waals surface area contributed by atoms with E-state index >= 15 is 0 Å². The number of aromatic nitrogens is 1. The van der Waals surface area contributed by atoms with Crippen LogP contribution in [0.2, 0.25) is 5.02 Å². The van der Waals surface area contributed by atoms with Crippen LogP contribution in [0, 0.1) is 6.92 Å². The van der Waals surface area contributed by atoms with Crippen LogP contribution in [0.4, 0.5) is 4.79 Å². The van der Waals surface area contributed by atoms with Crippen molar-refractivity contribution >= 4 is 29.0 Å². The van der Waals surface area contributed by atoms with Crippen LogP contribution in [0.25, 0.3) is 0 Å². The van der Waals surface area contributed by atoms with Crippen LogP contribution in [-0.4, -0.2) is 17.6 Å². The molecule has 0 bridgehead atoms. The van der Waals surface area contributed by atoms with E-state index in [0.29, 0.717) is 18.1 Å². The second-order valence-electron chi connectivity index (χ2n) is 4.91. The SMILES string of the molecule is CCc1nc(CCNC(=O)NCc2ccccc2Cl)sc1C. The van der Waals surface area contributed by atoms with Crippen molar-refractivity contribution in [1.29, 1.82) is 0 Å². The molecule has 0 saturated heterocycles. The molecule has 2 aromatic rings. The van der Waals surface area contributed by atoms with Crippen molar-refractivity contribution in [2.24, 2.45) is 0 Å². The largest absolute Gasteiger partial charge is 0.338 e. The summed E-state index contributed by atoms with van der Waals surface area (Å²) in [6.45, 7) is 5.18. The third kappa shape index (κ3) is 4.71. The lowest BCUT2D eigenvalue weighted by Gasteiger charge is -2.08. The van der Waals surface area contributed by atoms with E-state index in [-0.39, 0.29) is 6.03 Å². The summed E-state index contributed by atoms with van der Waals surface area (Å²) >= 11 is 7.75. The van der Waals surface area contributed by atoms with Crippen LogP contribution in [0.15, 0.2) is 24.3 Å². The molecule has 1 aromatic heterocycles. The molecule has 2 N–H and O–H groups in total. The Morgan fingerprint density at radius 2 is 2.09 bits per heavy atom. The minimum absolute atomic E-state index is 0.191. The lowest BCUT2D eigenvalue weighted by molar-refractivity contribution is 0.240. The number of rotatable bonds is 6. The summed E-state index contributed by atoms with van der Waals surface area (Å²) in [5.41, 5.74) is 2.06. The molecule has 0 aliphatic heterocycles. The number of hydrogen-bond acceptors (Lipinski definition) is 3. The molecule has 2 rings (SSSR count). The predicted octanol–water partition coefficient (Wildman–Crippen LogP) is 3.71. The number of nitrogens with zero attached hydrogens (tertiary/aromatic N) is 1. The summed E-state index contributed by atoms with van der Waals surface area (Å²) in [6, 6.07) is 7.28. The maximum atomic E-state index is 11.8. The first kappa shape index (κ1) is 16.8. The first-order chi connectivity index (χ1) is 10.6. The van der Waals surface area contributed by atoms with Crippen molar-refractivity contribution < 1.29 is 4.79 Å². The van der Waals surface area contributed by atoms with Crippen LogP contribution in [0.3, 0.4) is 0 Å². The zero-order valence-electron chi connectivity index (χ0n) is 12.8. The van der Waals surface area contributed by atoms with E-state index in [2.05, 4.69) is 29.5 Å². The van der Waals surface area contributed by atoms with Gasteiger partial charge < -0.3 is 10.6 Å². The zero-order chi connectivity index (χ0) is 15.9. The number of halogens is 1. The van der Waals surface area contributed by atoms with Gasteiger partial charge in [0.25, 0.3) is 0 Å². The molecule has 0 spiro atoms.